The van der Waals surface area contributed by atoms with E-state index in [4.69, 9.17) is 10.5 Å². The number of pyridine rings is 1. The Balaban J connectivity index is 1.63. The average molecular weight is 409 g/mol. The zero-order valence-corrected chi connectivity index (χ0v) is 16.8. The number of nitrogen functional groups attached to an aromatic ring is 1. The predicted octanol–water partition coefficient (Wildman–Crippen LogP) is 3.81. The first-order chi connectivity index (χ1) is 14.6. The van der Waals surface area contributed by atoms with Crippen LogP contribution in [0.1, 0.15) is 41.4 Å². The number of unbranched alkanes of at least 4 members (excludes halogenated alkanes) is 1. The van der Waals surface area contributed by atoms with Gasteiger partial charge in [-0.3, -0.25) is 4.79 Å². The molecule has 0 aliphatic heterocycles. The molecular weight excluding hydrogens is 385 g/mol. The Kier molecular flexibility index (Phi) is 7.26. The van der Waals surface area contributed by atoms with E-state index in [1.807, 2.05) is 0 Å². The van der Waals surface area contributed by atoms with Crippen molar-refractivity contribution < 1.29 is 13.9 Å². The molecule has 3 aromatic rings. The molecule has 30 heavy (non-hydrogen) atoms. The third-order valence-electron chi connectivity index (χ3n) is 4.44. The summed E-state index contributed by atoms with van der Waals surface area (Å²) in [6, 6.07) is 8.10. The highest BCUT2D eigenvalue weighted by molar-refractivity contribution is 5.95. The fourth-order valence-corrected chi connectivity index (χ4v) is 2.76. The number of anilines is 2. The number of ether oxygens (including phenoxy) is 1. The summed E-state index contributed by atoms with van der Waals surface area (Å²) < 4.78 is 19.7. The number of hydrogen-bond donors (Lipinski definition) is 2. The SMILES string of the molecule is CCCCOc1cnc(C(=O)Cc2ccc(F)c(CNc3cccnc3N)c2)cn1. The van der Waals surface area contributed by atoms with Gasteiger partial charge in [0.05, 0.1) is 24.7 Å². The Labute approximate surface area is 174 Å². The predicted molar refractivity (Wildman–Crippen MR) is 113 cm³/mol. The molecular formula is C22H24FN5O2. The van der Waals surface area contributed by atoms with Gasteiger partial charge in [0, 0.05) is 24.7 Å². The third-order valence-corrected chi connectivity index (χ3v) is 4.44. The van der Waals surface area contributed by atoms with Gasteiger partial charge < -0.3 is 15.8 Å². The molecule has 3 N–H and O–H groups in total. The second kappa shape index (κ2) is 10.3. The number of Topliss-reactive ketones (excluding diaryl/α,β-unsaturated/α-hetero) is 1. The number of nitrogens with two attached hydrogens (primary N) is 1. The highest BCUT2D eigenvalue weighted by atomic mass is 19.1. The van der Waals surface area contributed by atoms with E-state index in [0.717, 1.165) is 12.8 Å². The van der Waals surface area contributed by atoms with Gasteiger partial charge in [0.15, 0.2) is 5.78 Å². The van der Waals surface area contributed by atoms with Gasteiger partial charge in [-0.1, -0.05) is 25.5 Å². The summed E-state index contributed by atoms with van der Waals surface area (Å²) in [5.74, 6) is 0.161. The van der Waals surface area contributed by atoms with Gasteiger partial charge in [0.1, 0.15) is 17.3 Å². The molecule has 0 fully saturated rings. The van der Waals surface area contributed by atoms with Crippen molar-refractivity contribution in [3.8, 4) is 5.88 Å². The molecule has 0 radical (unpaired) electrons. The van der Waals surface area contributed by atoms with Gasteiger partial charge >= 0.3 is 0 Å². The lowest BCUT2D eigenvalue weighted by molar-refractivity contribution is 0.0987. The maximum atomic E-state index is 14.2. The number of ketones is 1. The summed E-state index contributed by atoms with van der Waals surface area (Å²) >= 11 is 0. The standard InChI is InChI=1S/C22H24FN5O2/c1-2-3-9-30-21-14-27-19(13-28-21)20(29)11-15-6-7-17(23)16(10-15)12-26-18-5-4-8-25-22(18)24/h4-8,10,13-14,26H,2-3,9,11-12H2,1H3,(H2,24,25). The smallest absolute Gasteiger partial charge is 0.232 e. The lowest BCUT2D eigenvalue weighted by Crippen LogP contribution is -2.09. The normalized spacial score (nSPS) is 10.6. The molecule has 2 aromatic heterocycles. The van der Waals surface area contributed by atoms with Crippen molar-refractivity contribution in [3.63, 3.8) is 0 Å². The first-order valence-corrected chi connectivity index (χ1v) is 9.76. The zero-order chi connectivity index (χ0) is 21.3. The minimum atomic E-state index is -0.366. The second-order valence-corrected chi connectivity index (χ2v) is 6.76. The Morgan fingerprint density at radius 2 is 2.07 bits per heavy atom. The number of aromatic nitrogens is 3. The minimum absolute atomic E-state index is 0.0903. The summed E-state index contributed by atoms with van der Waals surface area (Å²) in [6.07, 6.45) is 6.47. The van der Waals surface area contributed by atoms with Crippen LogP contribution in [0, 0.1) is 5.82 Å². The average Bonchev–Trinajstić information content (AvgIpc) is 2.75. The lowest BCUT2D eigenvalue weighted by atomic mass is 10.0. The first-order valence-electron chi connectivity index (χ1n) is 9.76. The van der Waals surface area contributed by atoms with Crippen LogP contribution in [-0.4, -0.2) is 27.3 Å². The summed E-state index contributed by atoms with van der Waals surface area (Å²) in [6.45, 7) is 2.85. The zero-order valence-electron chi connectivity index (χ0n) is 16.8. The number of nitrogens with one attached hydrogen (secondary N) is 1. The summed E-state index contributed by atoms with van der Waals surface area (Å²) in [4.78, 5) is 24.8. The summed E-state index contributed by atoms with van der Waals surface area (Å²) in [7, 11) is 0. The van der Waals surface area contributed by atoms with Crippen LogP contribution in [0.2, 0.25) is 0 Å². The third kappa shape index (κ3) is 5.73. The van der Waals surface area contributed by atoms with Crippen molar-refractivity contribution in [3.05, 3.63) is 71.6 Å². The molecule has 3 rings (SSSR count). The summed E-state index contributed by atoms with van der Waals surface area (Å²) in [5.41, 5.74) is 7.76. The molecule has 0 saturated carbocycles. The molecule has 1 aromatic carbocycles. The highest BCUT2D eigenvalue weighted by Crippen LogP contribution is 2.18. The van der Waals surface area contributed by atoms with Crippen LogP contribution in [0.25, 0.3) is 0 Å². The number of benzene rings is 1. The van der Waals surface area contributed by atoms with Crippen LogP contribution in [0.4, 0.5) is 15.9 Å². The first kappa shape index (κ1) is 21.2. The topological polar surface area (TPSA) is 103 Å². The van der Waals surface area contributed by atoms with E-state index in [1.165, 1.54) is 18.5 Å². The second-order valence-electron chi connectivity index (χ2n) is 6.76. The van der Waals surface area contributed by atoms with Crippen LogP contribution >= 0.6 is 0 Å². The molecule has 0 bridgehead atoms. The molecule has 0 aliphatic rings. The van der Waals surface area contributed by atoms with Crippen LogP contribution in [0.5, 0.6) is 5.88 Å². The van der Waals surface area contributed by atoms with Crippen molar-refractivity contribution in [2.45, 2.75) is 32.7 Å². The van der Waals surface area contributed by atoms with Crippen molar-refractivity contribution in [1.29, 1.82) is 0 Å². The van der Waals surface area contributed by atoms with Gasteiger partial charge in [-0.25, -0.2) is 19.3 Å². The Morgan fingerprint density at radius 1 is 1.20 bits per heavy atom. The van der Waals surface area contributed by atoms with Gasteiger partial charge in [0.25, 0.3) is 0 Å². The van der Waals surface area contributed by atoms with E-state index < -0.39 is 0 Å². The number of halogens is 1. The van der Waals surface area contributed by atoms with E-state index in [9.17, 15) is 9.18 Å². The van der Waals surface area contributed by atoms with Crippen molar-refractivity contribution in [2.75, 3.05) is 17.7 Å². The van der Waals surface area contributed by atoms with Crippen molar-refractivity contribution >= 4 is 17.3 Å². The number of nitrogens with zero attached hydrogens (tertiary/aromatic N) is 3. The van der Waals surface area contributed by atoms with Gasteiger partial charge in [0.2, 0.25) is 5.88 Å². The van der Waals surface area contributed by atoms with E-state index in [1.54, 1.807) is 30.5 Å². The molecule has 0 atom stereocenters. The maximum Gasteiger partial charge on any atom is 0.232 e. The van der Waals surface area contributed by atoms with Crippen LogP contribution in [0.15, 0.2) is 48.9 Å². The Bertz CT molecular complexity index is 995. The molecule has 0 unspecified atom stereocenters. The van der Waals surface area contributed by atoms with Gasteiger partial charge in [-0.2, -0.15) is 0 Å². The van der Waals surface area contributed by atoms with E-state index in [2.05, 4.69) is 27.2 Å². The van der Waals surface area contributed by atoms with Gasteiger partial charge in [-0.05, 0) is 30.2 Å². The number of carbonyl (C=O) groups excluding carboxylic acids is 1. The van der Waals surface area contributed by atoms with Crippen LogP contribution < -0.4 is 15.8 Å². The molecule has 156 valence electrons. The molecule has 2 heterocycles. The Morgan fingerprint density at radius 3 is 2.80 bits per heavy atom. The number of hydrogen-bond acceptors (Lipinski definition) is 7. The number of carbonyl (C=O) groups is 1. The maximum absolute atomic E-state index is 14.2. The Hall–Kier alpha value is -3.55. The molecule has 0 aliphatic carbocycles. The van der Waals surface area contributed by atoms with Crippen molar-refractivity contribution in [2.24, 2.45) is 0 Å². The molecule has 0 saturated heterocycles. The monoisotopic (exact) mass is 409 g/mol. The molecule has 0 spiro atoms. The van der Waals surface area contributed by atoms with Crippen molar-refractivity contribution in [1.82, 2.24) is 15.0 Å². The van der Waals surface area contributed by atoms with E-state index in [0.29, 0.717) is 35.1 Å². The molecule has 8 heteroatoms. The molecule has 0 amide bonds. The lowest BCUT2D eigenvalue weighted by Gasteiger charge is -2.10. The fourth-order valence-electron chi connectivity index (χ4n) is 2.76. The van der Waals surface area contributed by atoms with Gasteiger partial charge in [-0.15, -0.1) is 0 Å². The van der Waals surface area contributed by atoms with E-state index >= 15 is 0 Å². The molecule has 7 nitrogen and oxygen atoms in total. The largest absolute Gasteiger partial charge is 0.477 e. The summed E-state index contributed by atoms with van der Waals surface area (Å²) in [5, 5.41) is 3.06. The van der Waals surface area contributed by atoms with Crippen LogP contribution in [-0.2, 0) is 13.0 Å². The quantitative estimate of drug-likeness (QED) is 0.388. The minimum Gasteiger partial charge on any atom is -0.477 e. The van der Waals surface area contributed by atoms with Crippen LogP contribution in [0.3, 0.4) is 0 Å². The number of rotatable bonds is 10. The fraction of sp³-hybridized carbons (Fsp3) is 0.273. The highest BCUT2D eigenvalue weighted by Gasteiger charge is 2.12. The van der Waals surface area contributed by atoms with E-state index in [-0.39, 0.29) is 30.3 Å².